The van der Waals surface area contributed by atoms with Crippen LogP contribution in [0.25, 0.3) is 0 Å². The van der Waals surface area contributed by atoms with Gasteiger partial charge in [-0.1, -0.05) is 6.42 Å². The first-order chi connectivity index (χ1) is 4.85. The second-order valence-electron chi connectivity index (χ2n) is 3.82. The highest BCUT2D eigenvalue weighted by molar-refractivity contribution is 5.85. The van der Waals surface area contributed by atoms with E-state index >= 15 is 0 Å². The lowest BCUT2D eigenvalue weighted by Crippen LogP contribution is -2.31. The second-order valence-corrected chi connectivity index (χ2v) is 3.82. The molecule has 2 N–H and O–H groups in total. The summed E-state index contributed by atoms with van der Waals surface area (Å²) in [7, 11) is 0. The standard InChI is InChI=1S/C8H15NO.ClH/c10-5-7-4-8(6-9-7)2-1-3-8;/h7,9-10H,1-6H2;1H. The molecule has 1 heterocycles. The molecule has 2 aliphatic rings. The second kappa shape index (κ2) is 3.30. The van der Waals surface area contributed by atoms with Gasteiger partial charge in [-0.2, -0.15) is 0 Å². The minimum absolute atomic E-state index is 0. The van der Waals surface area contributed by atoms with Crippen LogP contribution in [0.4, 0.5) is 0 Å². The molecule has 66 valence electrons. The highest BCUT2D eigenvalue weighted by Gasteiger charge is 2.42. The van der Waals surface area contributed by atoms with E-state index in [2.05, 4.69) is 5.32 Å². The van der Waals surface area contributed by atoms with Crippen molar-refractivity contribution < 1.29 is 5.11 Å². The molecular formula is C8H16ClNO. The summed E-state index contributed by atoms with van der Waals surface area (Å²) in [4.78, 5) is 0. The average molecular weight is 178 g/mol. The zero-order chi connectivity index (χ0) is 7.03. The van der Waals surface area contributed by atoms with Gasteiger partial charge in [0.15, 0.2) is 0 Å². The van der Waals surface area contributed by atoms with Gasteiger partial charge in [0.25, 0.3) is 0 Å². The summed E-state index contributed by atoms with van der Waals surface area (Å²) in [6.07, 6.45) is 5.39. The zero-order valence-corrected chi connectivity index (χ0v) is 7.49. The Morgan fingerprint density at radius 1 is 1.45 bits per heavy atom. The molecule has 0 aromatic heterocycles. The van der Waals surface area contributed by atoms with Gasteiger partial charge >= 0.3 is 0 Å². The minimum atomic E-state index is 0. The largest absolute Gasteiger partial charge is 0.395 e. The van der Waals surface area contributed by atoms with Gasteiger partial charge in [0, 0.05) is 12.6 Å². The molecule has 2 fully saturated rings. The van der Waals surface area contributed by atoms with E-state index in [-0.39, 0.29) is 12.4 Å². The molecule has 1 saturated carbocycles. The lowest BCUT2D eigenvalue weighted by Gasteiger charge is -2.37. The highest BCUT2D eigenvalue weighted by Crippen LogP contribution is 2.46. The predicted octanol–water partition coefficient (Wildman–Crippen LogP) is 0.933. The van der Waals surface area contributed by atoms with E-state index in [1.54, 1.807) is 0 Å². The third-order valence-corrected chi connectivity index (χ3v) is 3.08. The van der Waals surface area contributed by atoms with Gasteiger partial charge in [-0.15, -0.1) is 12.4 Å². The molecule has 0 aromatic carbocycles. The van der Waals surface area contributed by atoms with Crippen molar-refractivity contribution in [2.45, 2.75) is 31.7 Å². The van der Waals surface area contributed by atoms with Crippen molar-refractivity contribution in [2.75, 3.05) is 13.2 Å². The fraction of sp³-hybridized carbons (Fsp3) is 1.00. The molecule has 2 rings (SSSR count). The number of rotatable bonds is 1. The number of nitrogens with one attached hydrogen (secondary N) is 1. The van der Waals surface area contributed by atoms with Crippen molar-refractivity contribution in [1.82, 2.24) is 5.32 Å². The van der Waals surface area contributed by atoms with Crippen molar-refractivity contribution in [3.8, 4) is 0 Å². The summed E-state index contributed by atoms with van der Waals surface area (Å²) in [5.41, 5.74) is 0.618. The van der Waals surface area contributed by atoms with Crippen LogP contribution in [-0.4, -0.2) is 24.3 Å². The molecule has 0 radical (unpaired) electrons. The Hall–Kier alpha value is 0.210. The molecule has 1 aliphatic carbocycles. The smallest absolute Gasteiger partial charge is 0.0584 e. The van der Waals surface area contributed by atoms with Gasteiger partial charge in [0.1, 0.15) is 0 Å². The van der Waals surface area contributed by atoms with Gasteiger partial charge < -0.3 is 10.4 Å². The predicted molar refractivity (Wildman–Crippen MR) is 47.0 cm³/mol. The van der Waals surface area contributed by atoms with Crippen LogP contribution < -0.4 is 5.32 Å². The van der Waals surface area contributed by atoms with E-state index in [1.165, 1.54) is 25.7 Å². The molecule has 11 heavy (non-hydrogen) atoms. The number of aliphatic hydroxyl groups excluding tert-OH is 1. The van der Waals surface area contributed by atoms with Crippen LogP contribution in [0.3, 0.4) is 0 Å². The van der Waals surface area contributed by atoms with Crippen LogP contribution in [-0.2, 0) is 0 Å². The Balaban J connectivity index is 0.000000605. The summed E-state index contributed by atoms with van der Waals surface area (Å²) in [6, 6.07) is 0.403. The Bertz CT molecular complexity index is 136. The van der Waals surface area contributed by atoms with Crippen molar-refractivity contribution >= 4 is 12.4 Å². The van der Waals surface area contributed by atoms with E-state index in [4.69, 9.17) is 5.11 Å². The van der Waals surface area contributed by atoms with Crippen LogP contribution in [0, 0.1) is 5.41 Å². The third kappa shape index (κ3) is 1.53. The fourth-order valence-electron chi connectivity index (χ4n) is 2.21. The van der Waals surface area contributed by atoms with Crippen molar-refractivity contribution in [3.63, 3.8) is 0 Å². The summed E-state index contributed by atoms with van der Waals surface area (Å²) < 4.78 is 0. The summed E-state index contributed by atoms with van der Waals surface area (Å²) in [5, 5.41) is 12.2. The molecule has 0 amide bonds. The summed E-state index contributed by atoms with van der Waals surface area (Å²) in [5.74, 6) is 0. The lowest BCUT2D eigenvalue weighted by atomic mass is 9.68. The van der Waals surface area contributed by atoms with Gasteiger partial charge in [-0.05, 0) is 24.7 Å². The Labute approximate surface area is 73.8 Å². The molecule has 1 saturated heterocycles. The van der Waals surface area contributed by atoms with E-state index < -0.39 is 0 Å². The zero-order valence-electron chi connectivity index (χ0n) is 6.68. The Morgan fingerprint density at radius 2 is 2.18 bits per heavy atom. The number of halogens is 1. The molecule has 1 unspecified atom stereocenters. The molecule has 0 bridgehead atoms. The molecule has 1 atom stereocenters. The molecule has 2 nitrogen and oxygen atoms in total. The van der Waals surface area contributed by atoms with Gasteiger partial charge in [-0.25, -0.2) is 0 Å². The van der Waals surface area contributed by atoms with Gasteiger partial charge in [0.05, 0.1) is 6.61 Å². The Kier molecular flexibility index (Phi) is 2.79. The van der Waals surface area contributed by atoms with Crippen LogP contribution in [0.1, 0.15) is 25.7 Å². The number of hydrogen-bond acceptors (Lipinski definition) is 2. The van der Waals surface area contributed by atoms with Crippen molar-refractivity contribution in [3.05, 3.63) is 0 Å². The molecule has 1 aliphatic heterocycles. The normalized spacial score (nSPS) is 33.0. The average Bonchev–Trinajstić information content (AvgIpc) is 2.29. The molecule has 0 aromatic rings. The van der Waals surface area contributed by atoms with Crippen molar-refractivity contribution in [1.29, 1.82) is 0 Å². The number of aliphatic hydroxyl groups is 1. The van der Waals surface area contributed by atoms with E-state index in [0.717, 1.165) is 6.54 Å². The first-order valence-electron chi connectivity index (χ1n) is 4.19. The van der Waals surface area contributed by atoms with Crippen LogP contribution in [0.5, 0.6) is 0 Å². The maximum Gasteiger partial charge on any atom is 0.0584 e. The summed E-state index contributed by atoms with van der Waals surface area (Å²) >= 11 is 0. The van der Waals surface area contributed by atoms with Crippen molar-refractivity contribution in [2.24, 2.45) is 5.41 Å². The summed E-state index contributed by atoms with van der Waals surface area (Å²) in [6.45, 7) is 1.47. The SMILES string of the molecule is Cl.OCC1CC2(CCC2)CN1. The van der Waals surface area contributed by atoms with Crippen LogP contribution in [0.2, 0.25) is 0 Å². The molecule has 3 heteroatoms. The van der Waals surface area contributed by atoms with Gasteiger partial charge in [-0.3, -0.25) is 0 Å². The first kappa shape index (κ1) is 9.30. The third-order valence-electron chi connectivity index (χ3n) is 3.08. The fourth-order valence-corrected chi connectivity index (χ4v) is 2.21. The molecular weight excluding hydrogens is 162 g/mol. The Morgan fingerprint density at radius 3 is 2.45 bits per heavy atom. The minimum Gasteiger partial charge on any atom is -0.395 e. The molecule has 1 spiro atoms. The monoisotopic (exact) mass is 177 g/mol. The highest BCUT2D eigenvalue weighted by atomic mass is 35.5. The quantitative estimate of drug-likeness (QED) is 0.625. The maximum absolute atomic E-state index is 8.86. The van der Waals surface area contributed by atoms with Crippen LogP contribution >= 0.6 is 12.4 Å². The lowest BCUT2D eigenvalue weighted by molar-refractivity contribution is 0.150. The number of hydrogen-bond donors (Lipinski definition) is 2. The van der Waals surface area contributed by atoms with E-state index in [1.807, 2.05) is 0 Å². The van der Waals surface area contributed by atoms with E-state index in [0.29, 0.717) is 18.1 Å². The maximum atomic E-state index is 8.86. The topological polar surface area (TPSA) is 32.3 Å². The van der Waals surface area contributed by atoms with Gasteiger partial charge in [0.2, 0.25) is 0 Å². The van der Waals surface area contributed by atoms with E-state index in [9.17, 15) is 0 Å². The first-order valence-corrected chi connectivity index (χ1v) is 4.19. The van der Waals surface area contributed by atoms with Crippen LogP contribution in [0.15, 0.2) is 0 Å².